The summed E-state index contributed by atoms with van der Waals surface area (Å²) in [6.07, 6.45) is 0. The lowest BCUT2D eigenvalue weighted by Crippen LogP contribution is -1.96. The van der Waals surface area contributed by atoms with Crippen molar-refractivity contribution in [1.29, 1.82) is 0 Å². The minimum absolute atomic E-state index is 0.302. The standard InChI is InChI=1S/C14H10BrF3/c1-8-4-9(2-3-13(8)18)14(15)10-5-11(16)7-12(17)6-10/h2-7,14H,1H3. The van der Waals surface area contributed by atoms with E-state index in [0.29, 0.717) is 11.1 Å². The van der Waals surface area contributed by atoms with Crippen molar-refractivity contribution >= 4 is 15.9 Å². The molecule has 0 N–H and O–H groups in total. The molecule has 0 aliphatic rings. The van der Waals surface area contributed by atoms with Gasteiger partial charge in [-0.1, -0.05) is 28.1 Å². The van der Waals surface area contributed by atoms with Gasteiger partial charge in [-0.3, -0.25) is 0 Å². The maximum absolute atomic E-state index is 13.2. The maximum atomic E-state index is 13.2. The van der Waals surface area contributed by atoms with Gasteiger partial charge in [0.15, 0.2) is 0 Å². The monoisotopic (exact) mass is 314 g/mol. The molecule has 0 amide bonds. The summed E-state index contributed by atoms with van der Waals surface area (Å²) < 4.78 is 39.4. The lowest BCUT2D eigenvalue weighted by atomic mass is 10.0. The topological polar surface area (TPSA) is 0 Å². The van der Waals surface area contributed by atoms with Gasteiger partial charge in [0, 0.05) is 6.07 Å². The average molecular weight is 315 g/mol. The van der Waals surface area contributed by atoms with Crippen LogP contribution in [0.1, 0.15) is 21.5 Å². The molecule has 0 heterocycles. The van der Waals surface area contributed by atoms with Crippen LogP contribution in [-0.4, -0.2) is 0 Å². The molecule has 2 rings (SSSR count). The predicted octanol–water partition coefficient (Wildman–Crippen LogP) is 4.90. The summed E-state index contributed by atoms with van der Waals surface area (Å²) in [5.41, 5.74) is 1.70. The van der Waals surface area contributed by atoms with Crippen molar-refractivity contribution in [3.05, 3.63) is 70.5 Å². The molecule has 1 unspecified atom stereocenters. The third-order valence-electron chi connectivity index (χ3n) is 2.65. The van der Waals surface area contributed by atoms with Gasteiger partial charge in [0.05, 0.1) is 4.83 Å². The van der Waals surface area contributed by atoms with Crippen molar-refractivity contribution in [3.8, 4) is 0 Å². The minimum atomic E-state index is -0.631. The van der Waals surface area contributed by atoms with Crippen molar-refractivity contribution in [1.82, 2.24) is 0 Å². The summed E-state index contributed by atoms with van der Waals surface area (Å²) in [6, 6.07) is 7.90. The van der Waals surface area contributed by atoms with Gasteiger partial charge in [-0.15, -0.1) is 0 Å². The number of halogens is 4. The molecule has 94 valence electrons. The zero-order valence-electron chi connectivity index (χ0n) is 9.55. The highest BCUT2D eigenvalue weighted by molar-refractivity contribution is 9.09. The Hall–Kier alpha value is -1.29. The zero-order valence-corrected chi connectivity index (χ0v) is 11.1. The lowest BCUT2D eigenvalue weighted by molar-refractivity contribution is 0.580. The molecule has 0 aromatic heterocycles. The molecule has 0 bridgehead atoms. The van der Waals surface area contributed by atoms with Gasteiger partial charge in [0.2, 0.25) is 0 Å². The van der Waals surface area contributed by atoms with Crippen LogP contribution >= 0.6 is 15.9 Å². The Morgan fingerprint density at radius 1 is 0.889 bits per heavy atom. The fourth-order valence-electron chi connectivity index (χ4n) is 1.74. The molecule has 18 heavy (non-hydrogen) atoms. The third-order valence-corrected chi connectivity index (χ3v) is 3.71. The smallest absolute Gasteiger partial charge is 0.126 e. The van der Waals surface area contributed by atoms with Gasteiger partial charge >= 0.3 is 0 Å². The normalized spacial score (nSPS) is 12.5. The van der Waals surface area contributed by atoms with E-state index >= 15 is 0 Å². The van der Waals surface area contributed by atoms with Crippen LogP contribution in [-0.2, 0) is 0 Å². The molecule has 0 saturated heterocycles. The van der Waals surface area contributed by atoms with E-state index in [2.05, 4.69) is 15.9 Å². The Kier molecular flexibility index (Phi) is 3.76. The van der Waals surface area contributed by atoms with Gasteiger partial charge in [0.25, 0.3) is 0 Å². The molecule has 0 nitrogen and oxygen atoms in total. The highest BCUT2D eigenvalue weighted by Gasteiger charge is 2.13. The molecule has 2 aromatic rings. The maximum Gasteiger partial charge on any atom is 0.126 e. The van der Waals surface area contributed by atoms with E-state index in [1.165, 1.54) is 18.2 Å². The molecule has 0 aliphatic heterocycles. The first-order valence-corrected chi connectivity index (χ1v) is 6.25. The van der Waals surface area contributed by atoms with Crippen LogP contribution < -0.4 is 0 Å². The van der Waals surface area contributed by atoms with E-state index in [9.17, 15) is 13.2 Å². The fraction of sp³-hybridized carbons (Fsp3) is 0.143. The van der Waals surface area contributed by atoms with Crippen molar-refractivity contribution in [2.24, 2.45) is 0 Å². The van der Waals surface area contributed by atoms with E-state index in [4.69, 9.17) is 0 Å². The Bertz CT molecular complexity index is 561. The summed E-state index contributed by atoms with van der Waals surface area (Å²) >= 11 is 3.37. The van der Waals surface area contributed by atoms with Gasteiger partial charge in [0.1, 0.15) is 17.5 Å². The number of alkyl halides is 1. The number of hydrogen-bond donors (Lipinski definition) is 0. The zero-order chi connectivity index (χ0) is 13.3. The van der Waals surface area contributed by atoms with E-state index in [0.717, 1.165) is 11.6 Å². The van der Waals surface area contributed by atoms with Crippen LogP contribution in [0.3, 0.4) is 0 Å². The van der Waals surface area contributed by atoms with Crippen molar-refractivity contribution < 1.29 is 13.2 Å². The first-order chi connectivity index (χ1) is 8.47. The number of hydrogen-bond acceptors (Lipinski definition) is 0. The Balaban J connectivity index is 2.40. The lowest BCUT2D eigenvalue weighted by Gasteiger charge is -2.12. The largest absolute Gasteiger partial charge is 0.207 e. The fourth-order valence-corrected chi connectivity index (χ4v) is 2.29. The van der Waals surface area contributed by atoms with E-state index in [1.807, 2.05) is 0 Å². The summed E-state index contributed by atoms with van der Waals surface area (Å²) in [5, 5.41) is 0. The number of rotatable bonds is 2. The van der Waals surface area contributed by atoms with Crippen molar-refractivity contribution in [2.75, 3.05) is 0 Å². The Labute approximate surface area is 112 Å². The summed E-state index contributed by atoms with van der Waals surface area (Å²) in [4.78, 5) is -0.373. The Morgan fingerprint density at radius 2 is 1.50 bits per heavy atom. The minimum Gasteiger partial charge on any atom is -0.207 e. The molecule has 2 aromatic carbocycles. The predicted molar refractivity (Wildman–Crippen MR) is 68.3 cm³/mol. The highest BCUT2D eigenvalue weighted by atomic mass is 79.9. The van der Waals surface area contributed by atoms with E-state index < -0.39 is 11.6 Å². The summed E-state index contributed by atoms with van der Waals surface area (Å²) in [5.74, 6) is -1.56. The molecular formula is C14H10BrF3. The van der Waals surface area contributed by atoms with Crippen LogP contribution in [0.2, 0.25) is 0 Å². The second-order valence-corrected chi connectivity index (χ2v) is 4.99. The van der Waals surface area contributed by atoms with Crippen molar-refractivity contribution in [3.63, 3.8) is 0 Å². The van der Waals surface area contributed by atoms with Crippen LogP contribution in [0.4, 0.5) is 13.2 Å². The first kappa shape index (κ1) is 13.1. The van der Waals surface area contributed by atoms with Crippen LogP contribution in [0.5, 0.6) is 0 Å². The van der Waals surface area contributed by atoms with E-state index in [-0.39, 0.29) is 10.6 Å². The molecule has 0 radical (unpaired) electrons. The van der Waals surface area contributed by atoms with Gasteiger partial charge in [-0.2, -0.15) is 0 Å². The second-order valence-electron chi connectivity index (χ2n) is 4.07. The van der Waals surface area contributed by atoms with Gasteiger partial charge in [-0.25, -0.2) is 13.2 Å². The second kappa shape index (κ2) is 5.14. The highest BCUT2D eigenvalue weighted by Crippen LogP contribution is 2.32. The van der Waals surface area contributed by atoms with Gasteiger partial charge in [-0.05, 0) is 41.8 Å². The number of benzene rings is 2. The van der Waals surface area contributed by atoms with Gasteiger partial charge < -0.3 is 0 Å². The van der Waals surface area contributed by atoms with Crippen LogP contribution in [0, 0.1) is 24.4 Å². The van der Waals surface area contributed by atoms with Crippen LogP contribution in [0.15, 0.2) is 36.4 Å². The summed E-state index contributed by atoms with van der Waals surface area (Å²) in [6.45, 7) is 1.64. The molecular weight excluding hydrogens is 305 g/mol. The SMILES string of the molecule is Cc1cc(C(Br)c2cc(F)cc(F)c2)ccc1F. The average Bonchev–Trinajstić information content (AvgIpc) is 2.30. The molecule has 1 atom stereocenters. The first-order valence-electron chi connectivity index (χ1n) is 5.33. The third kappa shape index (κ3) is 2.75. The molecule has 0 fully saturated rings. The Morgan fingerprint density at radius 3 is 2.06 bits per heavy atom. The molecule has 0 spiro atoms. The number of aryl methyl sites for hydroxylation is 1. The quantitative estimate of drug-likeness (QED) is 0.692. The molecule has 0 saturated carbocycles. The van der Waals surface area contributed by atoms with Crippen molar-refractivity contribution in [2.45, 2.75) is 11.8 Å². The summed E-state index contributed by atoms with van der Waals surface area (Å²) in [7, 11) is 0. The van der Waals surface area contributed by atoms with Crippen LogP contribution in [0.25, 0.3) is 0 Å². The molecule has 0 aliphatic carbocycles. The molecule has 4 heteroatoms. The van der Waals surface area contributed by atoms with E-state index in [1.54, 1.807) is 19.1 Å².